The molecular formula is C23H26N6O4S. The Morgan fingerprint density at radius 2 is 1.79 bits per heavy atom. The summed E-state index contributed by atoms with van der Waals surface area (Å²) in [5, 5.41) is 9.75. The third-order valence-corrected chi connectivity index (χ3v) is 7.64. The molecule has 4 heterocycles. The molecule has 3 aliphatic rings. The van der Waals surface area contributed by atoms with Gasteiger partial charge in [-0.15, -0.1) is 0 Å². The molecule has 1 unspecified atom stereocenters. The number of hydrogen-bond acceptors (Lipinski definition) is 8. The van der Waals surface area contributed by atoms with Crippen molar-refractivity contribution in [2.75, 3.05) is 41.9 Å². The van der Waals surface area contributed by atoms with Crippen LogP contribution in [0.25, 0.3) is 0 Å². The van der Waals surface area contributed by atoms with Gasteiger partial charge in [-0.25, -0.2) is 23.2 Å². The summed E-state index contributed by atoms with van der Waals surface area (Å²) in [6.07, 6.45) is 4.90. The van der Waals surface area contributed by atoms with Crippen LogP contribution in [0, 0.1) is 0 Å². The maximum Gasteiger partial charge on any atom is 0.323 e. The van der Waals surface area contributed by atoms with Gasteiger partial charge in [0.15, 0.2) is 15.7 Å². The number of amidine groups is 1. The summed E-state index contributed by atoms with van der Waals surface area (Å²) in [5.74, 6) is 0.794. The number of pyridine rings is 1. The van der Waals surface area contributed by atoms with E-state index in [4.69, 9.17) is 4.74 Å². The fourth-order valence-corrected chi connectivity index (χ4v) is 6.16. The quantitative estimate of drug-likeness (QED) is 0.686. The van der Waals surface area contributed by atoms with E-state index in [9.17, 15) is 13.2 Å². The number of hydrazine groups is 1. The van der Waals surface area contributed by atoms with Gasteiger partial charge in [0.05, 0.1) is 36.8 Å². The molecule has 2 fully saturated rings. The number of urea groups is 1. The number of rotatable bonds is 4. The molecule has 2 saturated heterocycles. The van der Waals surface area contributed by atoms with Crippen molar-refractivity contribution < 1.29 is 17.9 Å². The highest BCUT2D eigenvalue weighted by molar-refractivity contribution is 7.92. The molecule has 0 bridgehead atoms. The lowest BCUT2D eigenvalue weighted by Crippen LogP contribution is -2.60. The molecule has 2 amide bonds. The lowest BCUT2D eigenvalue weighted by atomic mass is 10.1. The summed E-state index contributed by atoms with van der Waals surface area (Å²) in [5.41, 5.74) is 2.91. The molecule has 10 nitrogen and oxygen atoms in total. The second-order valence-electron chi connectivity index (χ2n) is 8.55. The van der Waals surface area contributed by atoms with Crippen molar-refractivity contribution in [2.45, 2.75) is 19.0 Å². The second-order valence-corrected chi connectivity index (χ2v) is 10.7. The monoisotopic (exact) mass is 482 g/mol. The number of morpholine rings is 1. The normalized spacial score (nSPS) is 24.1. The van der Waals surface area contributed by atoms with Crippen LogP contribution in [-0.2, 0) is 14.6 Å². The van der Waals surface area contributed by atoms with Gasteiger partial charge < -0.3 is 15.4 Å². The average Bonchev–Trinajstić information content (AvgIpc) is 3.14. The van der Waals surface area contributed by atoms with E-state index < -0.39 is 9.84 Å². The summed E-state index contributed by atoms with van der Waals surface area (Å²) in [6.45, 7) is 3.85. The molecule has 3 aliphatic heterocycles. The number of nitrogens with zero attached hydrogens (tertiary/aromatic N) is 4. The smallest absolute Gasteiger partial charge is 0.323 e. The Morgan fingerprint density at radius 3 is 2.50 bits per heavy atom. The Kier molecular flexibility index (Phi) is 6.07. The zero-order valence-corrected chi connectivity index (χ0v) is 19.5. The number of amides is 2. The molecule has 1 aromatic carbocycles. The highest BCUT2D eigenvalue weighted by Gasteiger charge is 2.44. The molecule has 5 rings (SSSR count). The number of sulfone groups is 1. The summed E-state index contributed by atoms with van der Waals surface area (Å²) in [6, 6.07) is 10.2. The lowest BCUT2D eigenvalue weighted by molar-refractivity contribution is -0.0956. The van der Waals surface area contributed by atoms with Crippen molar-refractivity contribution in [1.82, 2.24) is 15.0 Å². The molecular weight excluding hydrogens is 456 g/mol. The molecule has 2 N–H and O–H groups in total. The molecule has 2 atom stereocenters. The van der Waals surface area contributed by atoms with E-state index in [1.807, 2.05) is 17.1 Å². The van der Waals surface area contributed by atoms with E-state index in [0.29, 0.717) is 37.0 Å². The van der Waals surface area contributed by atoms with E-state index >= 15 is 0 Å². The van der Waals surface area contributed by atoms with Crippen molar-refractivity contribution >= 4 is 33.1 Å². The summed E-state index contributed by atoms with van der Waals surface area (Å²) in [7, 11) is -3.17. The second kappa shape index (κ2) is 9.16. The minimum absolute atomic E-state index is 0.0408. The highest BCUT2D eigenvalue weighted by atomic mass is 32.2. The topological polar surface area (TPSA) is 116 Å². The molecule has 178 valence electrons. The van der Waals surface area contributed by atoms with Crippen LogP contribution in [0.2, 0.25) is 0 Å². The summed E-state index contributed by atoms with van der Waals surface area (Å²) >= 11 is 0. The van der Waals surface area contributed by atoms with Gasteiger partial charge in [0, 0.05) is 42.1 Å². The number of aliphatic imine (C=N–C) groups is 1. The predicted molar refractivity (Wildman–Crippen MR) is 129 cm³/mol. The zero-order valence-electron chi connectivity index (χ0n) is 18.7. The predicted octanol–water partition coefficient (Wildman–Crippen LogP) is 2.10. The van der Waals surface area contributed by atoms with E-state index in [2.05, 4.69) is 32.5 Å². The first-order valence-corrected chi connectivity index (χ1v) is 12.9. The van der Waals surface area contributed by atoms with Crippen LogP contribution in [0.1, 0.15) is 12.5 Å². The number of carbonyl (C=O) groups excluding carboxylic acids is 1. The summed E-state index contributed by atoms with van der Waals surface area (Å²) in [4.78, 5) is 20.9. The standard InChI is InChI=1S/C23H26N6O4S/c1-16-13-33-11-10-28(16)29-21-15-34(31,32)14-18(21)12-25-22(29)17-2-4-19(5-3-17)26-23(30)27-20-6-8-24-9-7-20/h2-9,12,16,21H,10-11,13-15H2,1H3,(H2,24,26,27,30)/t16?,21-/m1/s1. The molecule has 1 aromatic heterocycles. The summed E-state index contributed by atoms with van der Waals surface area (Å²) < 4.78 is 30.4. The number of anilines is 2. The number of fused-ring (bicyclic) bond motifs is 1. The average molecular weight is 483 g/mol. The van der Waals surface area contributed by atoms with Gasteiger partial charge >= 0.3 is 6.03 Å². The van der Waals surface area contributed by atoms with Crippen LogP contribution in [0.4, 0.5) is 16.2 Å². The molecule has 0 aliphatic carbocycles. The Balaban J connectivity index is 1.37. The van der Waals surface area contributed by atoms with Gasteiger partial charge in [-0.3, -0.25) is 9.99 Å². The van der Waals surface area contributed by atoms with Gasteiger partial charge in [-0.1, -0.05) is 0 Å². The van der Waals surface area contributed by atoms with Crippen LogP contribution < -0.4 is 10.6 Å². The van der Waals surface area contributed by atoms with Crippen molar-refractivity contribution in [3.8, 4) is 0 Å². The van der Waals surface area contributed by atoms with Crippen LogP contribution in [0.5, 0.6) is 0 Å². The fraction of sp³-hybridized carbons (Fsp3) is 0.348. The van der Waals surface area contributed by atoms with E-state index in [-0.39, 0.29) is 29.6 Å². The minimum Gasteiger partial charge on any atom is -0.378 e. The maximum atomic E-state index is 12.4. The SMILES string of the molecule is CC1COCCN1N1C(c2ccc(NC(=O)Nc3ccncc3)cc2)=NC=C2CS(=O)(=O)C[C@H]21. The Bertz CT molecular complexity index is 1230. The van der Waals surface area contributed by atoms with Crippen molar-refractivity contribution in [1.29, 1.82) is 0 Å². The van der Waals surface area contributed by atoms with Gasteiger partial charge in [0.1, 0.15) is 0 Å². The third kappa shape index (κ3) is 4.67. The maximum absolute atomic E-state index is 12.4. The van der Waals surface area contributed by atoms with Crippen LogP contribution in [0.15, 0.2) is 65.6 Å². The number of benzene rings is 1. The number of carbonyl (C=O) groups is 1. The van der Waals surface area contributed by atoms with Crippen LogP contribution in [0.3, 0.4) is 0 Å². The molecule has 34 heavy (non-hydrogen) atoms. The molecule has 0 spiro atoms. The molecule has 0 radical (unpaired) electrons. The molecule has 2 aromatic rings. The largest absolute Gasteiger partial charge is 0.378 e. The first kappa shape index (κ1) is 22.5. The van der Waals surface area contributed by atoms with Crippen LogP contribution >= 0.6 is 0 Å². The third-order valence-electron chi connectivity index (χ3n) is 6.04. The Hall–Kier alpha value is -3.28. The molecule has 0 saturated carbocycles. The first-order chi connectivity index (χ1) is 16.4. The van der Waals surface area contributed by atoms with Crippen LogP contribution in [-0.4, -0.2) is 78.6 Å². The van der Waals surface area contributed by atoms with E-state index in [1.165, 1.54) is 0 Å². The number of nitrogens with one attached hydrogen (secondary N) is 2. The fourth-order valence-electron chi connectivity index (χ4n) is 4.44. The van der Waals surface area contributed by atoms with Gasteiger partial charge in [0.2, 0.25) is 0 Å². The number of aromatic nitrogens is 1. The van der Waals surface area contributed by atoms with Gasteiger partial charge in [-0.2, -0.15) is 0 Å². The number of hydrogen-bond donors (Lipinski definition) is 2. The highest BCUT2D eigenvalue weighted by Crippen LogP contribution is 2.31. The lowest BCUT2D eigenvalue weighted by Gasteiger charge is -2.47. The van der Waals surface area contributed by atoms with Crippen molar-refractivity contribution in [3.63, 3.8) is 0 Å². The first-order valence-electron chi connectivity index (χ1n) is 11.1. The van der Waals surface area contributed by atoms with Crippen molar-refractivity contribution in [3.05, 3.63) is 66.1 Å². The minimum atomic E-state index is -3.17. The zero-order chi connectivity index (χ0) is 23.7. The van der Waals surface area contributed by atoms with Gasteiger partial charge in [0.25, 0.3) is 0 Å². The Labute approximate surface area is 198 Å². The van der Waals surface area contributed by atoms with Gasteiger partial charge in [-0.05, 0) is 48.9 Å². The van der Waals surface area contributed by atoms with E-state index in [0.717, 1.165) is 11.1 Å². The van der Waals surface area contributed by atoms with E-state index in [1.54, 1.807) is 42.9 Å². The number of ether oxygens (including phenoxy) is 1. The Morgan fingerprint density at radius 1 is 1.09 bits per heavy atom. The van der Waals surface area contributed by atoms with Crippen molar-refractivity contribution in [2.24, 2.45) is 4.99 Å². The molecule has 11 heteroatoms.